The normalized spacial score (nSPS) is 2.50. The van der Waals surface area contributed by atoms with Crippen LogP contribution in [0.25, 0.3) is 0 Å². The first-order valence-corrected chi connectivity index (χ1v) is 9.36. The SMILES string of the molecule is [O]=[Fe].[S]=[Cd].[S]=[Mo]. The minimum atomic E-state index is 0.733. The van der Waals surface area contributed by atoms with Gasteiger partial charge >= 0.3 is 79.9 Å². The molecule has 0 N–H and O–H groups in total. The van der Waals surface area contributed by atoms with Gasteiger partial charge in [-0.05, 0) is 0 Å². The number of hydrogen-bond acceptors (Lipinski definition) is 3. The molecule has 0 atom stereocenters. The number of rotatable bonds is 0. The molecule has 0 fully saturated rings. The van der Waals surface area contributed by atoms with E-state index in [9.17, 15) is 0 Å². The molecule has 34 valence electrons. The van der Waals surface area contributed by atoms with E-state index in [1.165, 1.54) is 18.0 Å². The zero-order valence-corrected chi connectivity index (χ0v) is 11.5. The van der Waals surface area contributed by atoms with Gasteiger partial charge in [-0.25, -0.2) is 0 Å². The Morgan fingerprint density at radius 2 is 1.33 bits per heavy atom. The summed E-state index contributed by atoms with van der Waals surface area (Å²) in [6, 6.07) is 0. The van der Waals surface area contributed by atoms with Crippen LogP contribution in [0.4, 0.5) is 0 Å². The van der Waals surface area contributed by atoms with E-state index in [2.05, 4.69) is 18.5 Å². The Morgan fingerprint density at radius 1 is 1.33 bits per heavy atom. The van der Waals surface area contributed by atoms with E-state index < -0.39 is 0 Å². The van der Waals surface area contributed by atoms with Crippen LogP contribution in [-0.4, -0.2) is 0 Å². The van der Waals surface area contributed by atoms with Crippen molar-refractivity contribution in [1.82, 2.24) is 0 Å². The zero-order valence-electron chi connectivity index (χ0n) is 2.69. The van der Waals surface area contributed by atoms with Crippen molar-refractivity contribution in [3.05, 3.63) is 0 Å². The van der Waals surface area contributed by atoms with E-state index in [1.54, 1.807) is 0 Å². The summed E-state index contributed by atoms with van der Waals surface area (Å²) in [4.78, 5) is 0. The molecule has 0 aromatic rings. The summed E-state index contributed by atoms with van der Waals surface area (Å²) in [5.74, 6) is 0. The van der Waals surface area contributed by atoms with Gasteiger partial charge in [0.2, 0.25) is 0 Å². The van der Waals surface area contributed by atoms with Gasteiger partial charge in [-0.1, -0.05) is 0 Å². The second kappa shape index (κ2) is 53.2. The van der Waals surface area contributed by atoms with Crippen LogP contribution in [0.2, 0.25) is 0 Å². The third-order valence-electron chi connectivity index (χ3n) is 0. The van der Waals surface area contributed by atoms with Crippen molar-refractivity contribution >= 4 is 18.5 Å². The first-order valence-electron chi connectivity index (χ1n) is 0.600. The molecular weight excluding hydrogens is 344 g/mol. The molecule has 0 amide bonds. The molecule has 0 radical (unpaired) electrons. The molecule has 0 spiro atoms. The maximum atomic E-state index is 8.00. The standard InChI is InChI=1S/Cd.Fe.Mo.O.2S. The van der Waals surface area contributed by atoms with Crippen LogP contribution >= 0.6 is 18.5 Å². The molecule has 6 heteroatoms. The van der Waals surface area contributed by atoms with Crippen LogP contribution in [0.3, 0.4) is 0 Å². The second-order valence-corrected chi connectivity index (χ2v) is 0. The van der Waals surface area contributed by atoms with E-state index in [-0.39, 0.29) is 0 Å². The Balaban J connectivity index is -0.0000000225. The number of hydrogen-bond donors (Lipinski definition) is 0. The van der Waals surface area contributed by atoms with E-state index in [4.69, 9.17) is 3.83 Å². The fourth-order valence-corrected chi connectivity index (χ4v) is 0. The van der Waals surface area contributed by atoms with Crippen molar-refractivity contribution < 1.29 is 61.5 Å². The fraction of sp³-hybridized carbons (Fsp3) is 0. The predicted molar refractivity (Wildman–Crippen MR) is 15.9 cm³/mol. The molecule has 0 aromatic heterocycles. The fourth-order valence-electron chi connectivity index (χ4n) is 0. The van der Waals surface area contributed by atoms with E-state index >= 15 is 0 Å². The summed E-state index contributed by atoms with van der Waals surface area (Å²) in [7, 11) is 8.35. The molecule has 1 nitrogen and oxygen atoms in total. The quantitative estimate of drug-likeness (QED) is 0.614. The molecule has 0 aliphatic heterocycles. The summed E-state index contributed by atoms with van der Waals surface area (Å²) >= 11 is 4.27. The maximum absolute atomic E-state index is 8.00. The minimum absolute atomic E-state index is 0.733. The van der Waals surface area contributed by atoms with E-state index in [0.717, 1.165) is 23.7 Å². The molecule has 0 aliphatic carbocycles. The van der Waals surface area contributed by atoms with Crippen LogP contribution in [0.5, 0.6) is 0 Å². The van der Waals surface area contributed by atoms with Crippen molar-refractivity contribution in [3.8, 4) is 0 Å². The van der Waals surface area contributed by atoms with Crippen molar-refractivity contribution in [2.24, 2.45) is 0 Å². The Hall–Kier alpha value is 2.37. The second-order valence-electron chi connectivity index (χ2n) is 0. The molecule has 0 rings (SSSR count). The molecule has 0 bridgehead atoms. The van der Waals surface area contributed by atoms with Crippen molar-refractivity contribution in [3.63, 3.8) is 0 Å². The summed E-state index contributed by atoms with van der Waals surface area (Å²) in [6.07, 6.45) is 0. The van der Waals surface area contributed by atoms with Crippen molar-refractivity contribution in [1.29, 1.82) is 0 Å². The predicted octanol–water partition coefficient (Wildman–Crippen LogP) is 1.17. The molecular formula is CdFeMoOS2. The third kappa shape index (κ3) is 32.7. The van der Waals surface area contributed by atoms with Gasteiger partial charge < -0.3 is 0 Å². The average molecular weight is 344 g/mol. The van der Waals surface area contributed by atoms with Gasteiger partial charge in [0, 0.05) is 0 Å². The van der Waals surface area contributed by atoms with Gasteiger partial charge in [-0.2, -0.15) is 0 Å². The molecule has 0 unspecified atom stereocenters. The summed E-state index contributed by atoms with van der Waals surface area (Å²) in [6.45, 7) is 0. The zero-order chi connectivity index (χ0) is 6.00. The summed E-state index contributed by atoms with van der Waals surface area (Å²) in [5.41, 5.74) is 0. The summed E-state index contributed by atoms with van der Waals surface area (Å²) in [5, 5.41) is 0. The Morgan fingerprint density at radius 3 is 1.33 bits per heavy atom. The molecule has 0 aliphatic rings. The van der Waals surface area contributed by atoms with Crippen molar-refractivity contribution in [2.45, 2.75) is 0 Å². The molecule has 0 aromatic carbocycles. The first kappa shape index (κ1) is 15.8. The van der Waals surface area contributed by atoms with Gasteiger partial charge in [-0.3, -0.25) is 0 Å². The van der Waals surface area contributed by atoms with Gasteiger partial charge in [0.25, 0.3) is 0 Å². The van der Waals surface area contributed by atoms with Crippen LogP contribution in [-0.2, 0) is 61.5 Å². The van der Waals surface area contributed by atoms with Gasteiger partial charge in [0.1, 0.15) is 0 Å². The van der Waals surface area contributed by atoms with Gasteiger partial charge in [-0.15, -0.1) is 0 Å². The Bertz CT molecular complexity index is 18.3. The first-order chi connectivity index (χ1) is 3.00. The third-order valence-corrected chi connectivity index (χ3v) is 0. The van der Waals surface area contributed by atoms with Crippen LogP contribution in [0.1, 0.15) is 0 Å². The van der Waals surface area contributed by atoms with E-state index in [1.807, 2.05) is 15.9 Å². The topological polar surface area (TPSA) is 17.1 Å². The molecule has 0 saturated heterocycles. The molecule has 0 heterocycles. The van der Waals surface area contributed by atoms with E-state index in [0.29, 0.717) is 0 Å². The van der Waals surface area contributed by atoms with Crippen LogP contribution in [0, 0.1) is 0 Å². The van der Waals surface area contributed by atoms with Gasteiger partial charge in [0.15, 0.2) is 0 Å². The average Bonchev–Trinajstić information content (AvgIpc) is 1.81. The summed E-state index contributed by atoms with van der Waals surface area (Å²) < 4.78 is 8.00. The van der Waals surface area contributed by atoms with Gasteiger partial charge in [0.05, 0.1) is 0 Å². The Labute approximate surface area is 78.5 Å². The van der Waals surface area contributed by atoms with Crippen molar-refractivity contribution in [2.75, 3.05) is 0 Å². The van der Waals surface area contributed by atoms with Crippen LogP contribution in [0.15, 0.2) is 0 Å². The molecule has 0 saturated carbocycles. The molecule has 6 heavy (non-hydrogen) atoms. The Kier molecular flexibility index (Phi) is 140. The monoisotopic (exact) mass is 348 g/mol. The van der Waals surface area contributed by atoms with Crippen LogP contribution < -0.4 is 0 Å².